The number of H-pyrrole nitrogens is 1. The number of carbonyl (C=O) groups excluding carboxylic acids is 1. The van der Waals surface area contributed by atoms with E-state index < -0.39 is 6.10 Å². The Hall–Kier alpha value is -2.30. The quantitative estimate of drug-likeness (QED) is 0.820. The van der Waals surface area contributed by atoms with Gasteiger partial charge in [-0.15, -0.1) is 0 Å². The van der Waals surface area contributed by atoms with E-state index in [2.05, 4.69) is 15.5 Å². The molecule has 0 radical (unpaired) electrons. The van der Waals surface area contributed by atoms with E-state index in [-0.39, 0.29) is 11.8 Å². The fourth-order valence-electron chi connectivity index (χ4n) is 1.98. The molecule has 21 heavy (non-hydrogen) atoms. The highest BCUT2D eigenvalue weighted by atomic mass is 16.5. The summed E-state index contributed by atoms with van der Waals surface area (Å²) < 4.78 is 5.79. The van der Waals surface area contributed by atoms with Gasteiger partial charge in [-0.05, 0) is 30.0 Å². The van der Waals surface area contributed by atoms with Crippen molar-refractivity contribution in [2.24, 2.45) is 5.92 Å². The topological polar surface area (TPSA) is 67.0 Å². The summed E-state index contributed by atoms with van der Waals surface area (Å²) in [4.78, 5) is 12.3. The van der Waals surface area contributed by atoms with Crippen LogP contribution in [-0.2, 0) is 11.2 Å². The van der Waals surface area contributed by atoms with Gasteiger partial charge in [0.1, 0.15) is 5.75 Å². The minimum Gasteiger partial charge on any atom is -0.480 e. The minimum absolute atomic E-state index is 0.0858. The van der Waals surface area contributed by atoms with Gasteiger partial charge in [0.15, 0.2) is 6.10 Å². The molecule has 1 atom stereocenters. The van der Waals surface area contributed by atoms with Crippen LogP contribution in [0.3, 0.4) is 0 Å². The molecule has 0 saturated carbocycles. The van der Waals surface area contributed by atoms with E-state index >= 15 is 0 Å². The van der Waals surface area contributed by atoms with Crippen LogP contribution in [0.2, 0.25) is 0 Å². The van der Waals surface area contributed by atoms with Crippen LogP contribution in [-0.4, -0.2) is 28.8 Å². The van der Waals surface area contributed by atoms with Crippen LogP contribution in [0.25, 0.3) is 0 Å². The zero-order valence-electron chi connectivity index (χ0n) is 12.4. The van der Waals surface area contributed by atoms with Gasteiger partial charge in [0.05, 0.1) is 6.20 Å². The van der Waals surface area contributed by atoms with E-state index in [0.29, 0.717) is 12.3 Å². The molecule has 5 nitrogen and oxygen atoms in total. The fraction of sp³-hybridized carbons (Fsp3) is 0.375. The van der Waals surface area contributed by atoms with Crippen LogP contribution < -0.4 is 10.1 Å². The van der Waals surface area contributed by atoms with Crippen molar-refractivity contribution in [1.29, 1.82) is 0 Å². The van der Waals surface area contributed by atoms with Gasteiger partial charge in [0.2, 0.25) is 0 Å². The van der Waals surface area contributed by atoms with Crippen molar-refractivity contribution in [2.45, 2.75) is 26.4 Å². The van der Waals surface area contributed by atoms with E-state index in [1.54, 1.807) is 6.20 Å². The van der Waals surface area contributed by atoms with Gasteiger partial charge in [-0.3, -0.25) is 9.89 Å². The van der Waals surface area contributed by atoms with Gasteiger partial charge in [-0.1, -0.05) is 32.0 Å². The molecule has 0 bridgehead atoms. The lowest BCUT2D eigenvalue weighted by molar-refractivity contribution is -0.129. The Labute approximate surface area is 124 Å². The number of para-hydroxylation sites is 1. The van der Waals surface area contributed by atoms with Gasteiger partial charge < -0.3 is 10.1 Å². The molecular weight excluding hydrogens is 266 g/mol. The number of nitrogens with zero attached hydrogens (tertiary/aromatic N) is 1. The molecule has 0 spiro atoms. The van der Waals surface area contributed by atoms with Crippen molar-refractivity contribution < 1.29 is 9.53 Å². The molecule has 1 heterocycles. The van der Waals surface area contributed by atoms with Gasteiger partial charge in [0.25, 0.3) is 5.91 Å². The third-order valence-corrected chi connectivity index (χ3v) is 3.14. The lowest BCUT2D eigenvalue weighted by Crippen LogP contribution is -2.42. The summed E-state index contributed by atoms with van der Waals surface area (Å²) in [6, 6.07) is 9.41. The number of carbonyl (C=O) groups is 1. The minimum atomic E-state index is -0.489. The largest absolute Gasteiger partial charge is 0.480 e. The number of amides is 1. The van der Waals surface area contributed by atoms with E-state index in [0.717, 1.165) is 12.0 Å². The fourth-order valence-corrected chi connectivity index (χ4v) is 1.98. The van der Waals surface area contributed by atoms with Crippen molar-refractivity contribution >= 4 is 5.91 Å². The van der Waals surface area contributed by atoms with Gasteiger partial charge in [-0.2, -0.15) is 5.10 Å². The number of benzene rings is 1. The Balaban J connectivity index is 1.87. The molecule has 0 saturated heterocycles. The third-order valence-electron chi connectivity index (χ3n) is 3.14. The van der Waals surface area contributed by atoms with Crippen molar-refractivity contribution in [2.75, 3.05) is 6.54 Å². The molecule has 2 rings (SSSR count). The number of ether oxygens (including phenoxy) is 1. The molecule has 0 unspecified atom stereocenters. The maximum atomic E-state index is 12.3. The highest BCUT2D eigenvalue weighted by Crippen LogP contribution is 2.15. The molecule has 1 amide bonds. The molecule has 5 heteroatoms. The Bertz CT molecular complexity index is 538. The molecule has 2 N–H and O–H groups in total. The first kappa shape index (κ1) is 15.1. The number of nitrogens with one attached hydrogen (secondary N) is 2. The average molecular weight is 287 g/mol. The lowest BCUT2D eigenvalue weighted by Gasteiger charge is -2.21. The Morgan fingerprint density at radius 2 is 2.10 bits per heavy atom. The van der Waals surface area contributed by atoms with Gasteiger partial charge >= 0.3 is 0 Å². The summed E-state index contributed by atoms with van der Waals surface area (Å²) in [6.07, 6.45) is 3.84. The summed E-state index contributed by atoms with van der Waals surface area (Å²) in [5.41, 5.74) is 1.07. The van der Waals surface area contributed by atoms with Gasteiger partial charge in [0, 0.05) is 12.7 Å². The van der Waals surface area contributed by atoms with Gasteiger partial charge in [-0.25, -0.2) is 0 Å². The van der Waals surface area contributed by atoms with E-state index in [4.69, 9.17) is 4.74 Å². The van der Waals surface area contributed by atoms with Crippen LogP contribution in [0, 0.1) is 5.92 Å². The third kappa shape index (κ3) is 4.63. The molecule has 2 aromatic rings. The average Bonchev–Trinajstić information content (AvgIpc) is 2.98. The molecule has 0 aliphatic heterocycles. The second-order valence-corrected chi connectivity index (χ2v) is 5.24. The summed E-state index contributed by atoms with van der Waals surface area (Å²) in [6.45, 7) is 4.52. The SMILES string of the molecule is CC(C)[C@H](Oc1ccccc1)C(=O)NCCc1cn[nH]c1. The number of rotatable bonds is 7. The molecule has 1 aromatic heterocycles. The predicted molar refractivity (Wildman–Crippen MR) is 81.0 cm³/mol. The smallest absolute Gasteiger partial charge is 0.261 e. The molecule has 0 fully saturated rings. The van der Waals surface area contributed by atoms with Crippen LogP contribution in [0.15, 0.2) is 42.7 Å². The second kappa shape index (κ2) is 7.47. The standard InChI is InChI=1S/C16H21N3O2/c1-12(2)15(21-14-6-4-3-5-7-14)16(20)17-9-8-13-10-18-19-11-13/h3-7,10-12,15H,8-9H2,1-2H3,(H,17,20)(H,18,19)/t15-/m0/s1. The highest BCUT2D eigenvalue weighted by Gasteiger charge is 2.23. The first-order valence-electron chi connectivity index (χ1n) is 7.14. The summed E-state index contributed by atoms with van der Waals surface area (Å²) in [5.74, 6) is 0.720. The normalized spacial score (nSPS) is 12.1. The predicted octanol–water partition coefficient (Wildman–Crippen LogP) is 2.17. The molecular formula is C16H21N3O2. The molecule has 1 aromatic carbocycles. The number of aromatic amines is 1. The van der Waals surface area contributed by atoms with E-state index in [9.17, 15) is 4.79 Å². The van der Waals surface area contributed by atoms with Crippen LogP contribution >= 0.6 is 0 Å². The van der Waals surface area contributed by atoms with Crippen molar-refractivity contribution in [1.82, 2.24) is 15.5 Å². The zero-order valence-corrected chi connectivity index (χ0v) is 12.4. The first-order chi connectivity index (χ1) is 10.2. The van der Waals surface area contributed by atoms with Crippen molar-refractivity contribution in [3.63, 3.8) is 0 Å². The van der Waals surface area contributed by atoms with Crippen LogP contribution in [0.4, 0.5) is 0 Å². The lowest BCUT2D eigenvalue weighted by atomic mass is 10.1. The molecule has 0 aliphatic carbocycles. The highest BCUT2D eigenvalue weighted by molar-refractivity contribution is 5.81. The zero-order chi connectivity index (χ0) is 15.1. The van der Waals surface area contributed by atoms with E-state index in [1.807, 2.05) is 50.4 Å². The van der Waals surface area contributed by atoms with Crippen molar-refractivity contribution in [3.8, 4) is 5.75 Å². The summed E-state index contributed by atoms with van der Waals surface area (Å²) >= 11 is 0. The number of hydrogen-bond donors (Lipinski definition) is 2. The van der Waals surface area contributed by atoms with E-state index in [1.165, 1.54) is 0 Å². The maximum Gasteiger partial charge on any atom is 0.261 e. The molecule has 112 valence electrons. The number of hydrogen-bond acceptors (Lipinski definition) is 3. The Morgan fingerprint density at radius 1 is 1.33 bits per heavy atom. The monoisotopic (exact) mass is 287 g/mol. The molecule has 0 aliphatic rings. The summed E-state index contributed by atoms with van der Waals surface area (Å²) in [5, 5.41) is 9.55. The summed E-state index contributed by atoms with van der Waals surface area (Å²) in [7, 11) is 0. The number of aromatic nitrogens is 2. The van der Waals surface area contributed by atoms with Crippen LogP contribution in [0.5, 0.6) is 5.75 Å². The van der Waals surface area contributed by atoms with Crippen molar-refractivity contribution in [3.05, 3.63) is 48.3 Å². The van der Waals surface area contributed by atoms with Crippen LogP contribution in [0.1, 0.15) is 19.4 Å². The first-order valence-corrected chi connectivity index (χ1v) is 7.14. The second-order valence-electron chi connectivity index (χ2n) is 5.24. The maximum absolute atomic E-state index is 12.3. The Kier molecular flexibility index (Phi) is 5.37. The Morgan fingerprint density at radius 3 is 2.71 bits per heavy atom.